The Morgan fingerprint density at radius 2 is 1.64 bits per heavy atom. The van der Waals surface area contributed by atoms with Gasteiger partial charge in [-0.05, 0) is 63.5 Å². The number of rotatable bonds is 13. The molecule has 2 aromatic carbocycles. The molecular formula is C36H46ClFN2O6S. The Bertz CT molecular complexity index is 1410. The highest BCUT2D eigenvalue weighted by Gasteiger charge is 2.41. The van der Waals surface area contributed by atoms with Crippen LogP contribution in [0.25, 0.3) is 0 Å². The standard InChI is InChI=1S/C21H23ClFNO5.C15H23NOS/c1-2-3-6-9-28-19(25)12-29-18-11-17(16(23)10-15(18)22)24-20(26)13-7-4-5-8-14(13)21(24)27;1-5-16(13(4)12(2)3)15(17)18-11-14-9-7-6-8-10-14/h10-11H,2-9,12H2,1H3;6-10,12-13H,5,11H2,1-4H3. The minimum absolute atomic E-state index is 0.000883. The Hall–Kier alpha value is -3.37. The van der Waals surface area contributed by atoms with Gasteiger partial charge in [0.2, 0.25) is 0 Å². The minimum Gasteiger partial charge on any atom is -0.480 e. The Kier molecular flexibility index (Phi) is 15.3. The van der Waals surface area contributed by atoms with Crippen LogP contribution >= 0.6 is 23.4 Å². The number of ether oxygens (including phenoxy) is 2. The van der Waals surface area contributed by atoms with Crippen molar-refractivity contribution >= 4 is 52.1 Å². The molecule has 0 radical (unpaired) electrons. The number of benzene rings is 2. The van der Waals surface area contributed by atoms with E-state index in [1.165, 1.54) is 23.4 Å². The topological polar surface area (TPSA) is 93.2 Å². The monoisotopic (exact) mass is 688 g/mol. The third-order valence-electron chi connectivity index (χ3n) is 8.23. The van der Waals surface area contributed by atoms with E-state index in [2.05, 4.69) is 32.9 Å². The third-order valence-corrected chi connectivity index (χ3v) is 9.48. The number of imide groups is 1. The van der Waals surface area contributed by atoms with E-state index in [0.717, 1.165) is 55.4 Å². The first kappa shape index (κ1) is 38.1. The molecular weight excluding hydrogens is 643 g/mol. The molecule has 0 fully saturated rings. The number of thioether (sulfide) groups is 1. The zero-order valence-corrected chi connectivity index (χ0v) is 29.6. The van der Waals surface area contributed by atoms with Crippen molar-refractivity contribution in [1.82, 2.24) is 4.90 Å². The van der Waals surface area contributed by atoms with Crippen molar-refractivity contribution in [2.24, 2.45) is 5.92 Å². The maximum Gasteiger partial charge on any atom is 0.344 e. The van der Waals surface area contributed by atoms with Gasteiger partial charge in [-0.3, -0.25) is 14.4 Å². The van der Waals surface area contributed by atoms with Gasteiger partial charge in [0.15, 0.2) is 6.61 Å². The minimum atomic E-state index is -0.814. The predicted octanol–water partition coefficient (Wildman–Crippen LogP) is 8.74. The first-order valence-corrected chi connectivity index (χ1v) is 17.7. The molecule has 256 valence electrons. The first-order valence-electron chi connectivity index (χ1n) is 16.4. The molecule has 0 aromatic heterocycles. The van der Waals surface area contributed by atoms with Crippen LogP contribution in [0, 0.1) is 11.7 Å². The van der Waals surface area contributed by atoms with E-state index in [0.29, 0.717) is 42.6 Å². The Morgan fingerprint density at radius 1 is 1.00 bits per heavy atom. The molecule has 1 unspecified atom stereocenters. The van der Waals surface area contributed by atoms with E-state index in [1.54, 1.807) is 0 Å². The van der Waals surface area contributed by atoms with Crippen LogP contribution in [0.1, 0.15) is 85.1 Å². The van der Waals surface area contributed by atoms with E-state index >= 15 is 0 Å². The van der Waals surface area contributed by atoms with Gasteiger partial charge in [0.05, 0.1) is 17.3 Å². The first-order chi connectivity index (χ1) is 22.5. The highest BCUT2D eigenvalue weighted by atomic mass is 35.5. The second-order valence-corrected chi connectivity index (χ2v) is 13.2. The summed E-state index contributed by atoms with van der Waals surface area (Å²) in [6.45, 7) is 11.2. The average molecular weight is 689 g/mol. The van der Waals surface area contributed by atoms with Crippen molar-refractivity contribution in [3.63, 3.8) is 0 Å². The number of hydrogen-bond acceptors (Lipinski definition) is 7. The van der Waals surface area contributed by atoms with Crippen molar-refractivity contribution in [3.8, 4) is 5.75 Å². The van der Waals surface area contributed by atoms with Crippen LogP contribution in [-0.2, 0) is 24.9 Å². The highest BCUT2D eigenvalue weighted by Crippen LogP contribution is 2.39. The van der Waals surface area contributed by atoms with Gasteiger partial charge < -0.3 is 14.4 Å². The van der Waals surface area contributed by atoms with Crippen molar-refractivity contribution in [1.29, 1.82) is 0 Å². The molecule has 3 amide bonds. The lowest BCUT2D eigenvalue weighted by atomic mass is 9.93. The lowest BCUT2D eigenvalue weighted by Crippen LogP contribution is -2.39. The molecule has 8 nitrogen and oxygen atoms in total. The Morgan fingerprint density at radius 3 is 2.21 bits per heavy atom. The van der Waals surface area contributed by atoms with Crippen molar-refractivity contribution < 1.29 is 33.0 Å². The Balaban J connectivity index is 0.000000287. The molecule has 1 atom stereocenters. The molecule has 0 spiro atoms. The summed E-state index contributed by atoms with van der Waals surface area (Å²) in [6, 6.07) is 12.6. The van der Waals surface area contributed by atoms with Crippen LogP contribution in [0.4, 0.5) is 14.9 Å². The molecule has 2 aliphatic rings. The second kappa shape index (κ2) is 18.8. The number of halogens is 2. The second-order valence-electron chi connectivity index (χ2n) is 11.9. The number of anilines is 1. The summed E-state index contributed by atoms with van der Waals surface area (Å²) in [7, 11) is 0. The molecule has 11 heteroatoms. The van der Waals surface area contributed by atoms with E-state index in [4.69, 9.17) is 21.1 Å². The molecule has 1 heterocycles. The van der Waals surface area contributed by atoms with Gasteiger partial charge in [-0.2, -0.15) is 0 Å². The quantitative estimate of drug-likeness (QED) is 0.118. The van der Waals surface area contributed by atoms with Crippen LogP contribution in [0.5, 0.6) is 5.75 Å². The molecule has 1 aliphatic heterocycles. The summed E-state index contributed by atoms with van der Waals surface area (Å²) in [4.78, 5) is 52.1. The third kappa shape index (κ3) is 10.6. The summed E-state index contributed by atoms with van der Waals surface area (Å²) in [5, 5.41) is 0.115. The lowest BCUT2D eigenvalue weighted by Gasteiger charge is -2.30. The molecule has 1 aliphatic carbocycles. The molecule has 0 saturated carbocycles. The largest absolute Gasteiger partial charge is 0.480 e. The van der Waals surface area contributed by atoms with Gasteiger partial charge in [0.25, 0.3) is 17.1 Å². The number of amides is 3. The fourth-order valence-electron chi connectivity index (χ4n) is 5.22. The number of hydrogen-bond donors (Lipinski definition) is 0. The average Bonchev–Trinajstić information content (AvgIpc) is 3.31. The SMILES string of the molecule is CCCCCOC(=O)COc1cc(N2C(=O)C3=C(CCCC3)C2=O)c(F)cc1Cl.CCN(C(=O)SCc1ccccc1)C(C)C(C)C. The number of nitrogens with zero attached hydrogens (tertiary/aromatic N) is 2. The summed E-state index contributed by atoms with van der Waals surface area (Å²) < 4.78 is 25.0. The highest BCUT2D eigenvalue weighted by molar-refractivity contribution is 8.12. The zero-order chi connectivity index (χ0) is 34.5. The van der Waals surface area contributed by atoms with Gasteiger partial charge in [-0.15, -0.1) is 0 Å². The van der Waals surface area contributed by atoms with Crippen LogP contribution < -0.4 is 9.64 Å². The van der Waals surface area contributed by atoms with Crippen LogP contribution in [0.3, 0.4) is 0 Å². The normalized spacial score (nSPS) is 14.9. The van der Waals surface area contributed by atoms with E-state index < -0.39 is 30.2 Å². The summed E-state index contributed by atoms with van der Waals surface area (Å²) in [5.74, 6) is -1.16. The molecule has 0 saturated heterocycles. The summed E-state index contributed by atoms with van der Waals surface area (Å²) in [6.07, 6.45) is 5.40. The molecule has 2 aromatic rings. The smallest absolute Gasteiger partial charge is 0.344 e. The van der Waals surface area contributed by atoms with E-state index in [-0.39, 0.29) is 21.7 Å². The zero-order valence-electron chi connectivity index (χ0n) is 28.0. The maximum atomic E-state index is 14.5. The lowest BCUT2D eigenvalue weighted by molar-refractivity contribution is -0.146. The summed E-state index contributed by atoms with van der Waals surface area (Å²) in [5.41, 5.74) is 1.87. The van der Waals surface area contributed by atoms with Crippen LogP contribution in [-0.4, -0.2) is 53.7 Å². The predicted molar refractivity (Wildman–Crippen MR) is 185 cm³/mol. The van der Waals surface area contributed by atoms with Gasteiger partial charge in [-0.1, -0.05) is 87.3 Å². The summed E-state index contributed by atoms with van der Waals surface area (Å²) >= 11 is 7.41. The van der Waals surface area contributed by atoms with Crippen LogP contribution in [0.15, 0.2) is 53.6 Å². The number of unbranched alkanes of at least 4 members (excludes halogenated alkanes) is 2. The van der Waals surface area contributed by atoms with E-state index in [1.807, 2.05) is 36.9 Å². The fourth-order valence-corrected chi connectivity index (χ4v) is 6.37. The molecule has 0 bridgehead atoms. The van der Waals surface area contributed by atoms with E-state index in [9.17, 15) is 23.6 Å². The Labute approximate surface area is 287 Å². The van der Waals surface area contributed by atoms with Gasteiger partial charge in [0.1, 0.15) is 11.6 Å². The molecule has 47 heavy (non-hydrogen) atoms. The molecule has 0 N–H and O–H groups in total. The van der Waals surface area contributed by atoms with Gasteiger partial charge >= 0.3 is 5.97 Å². The molecule has 4 rings (SSSR count). The van der Waals surface area contributed by atoms with Gasteiger partial charge in [-0.25, -0.2) is 14.1 Å². The number of carbonyl (C=O) groups excluding carboxylic acids is 4. The van der Waals surface area contributed by atoms with Gasteiger partial charge in [0, 0.05) is 35.6 Å². The number of carbonyl (C=O) groups is 4. The van der Waals surface area contributed by atoms with Crippen LogP contribution in [0.2, 0.25) is 5.02 Å². The fraction of sp³-hybridized carbons (Fsp3) is 0.500. The maximum absolute atomic E-state index is 14.5. The van der Waals surface area contributed by atoms with Crippen molar-refractivity contribution in [2.45, 2.75) is 91.4 Å². The number of esters is 1. The van der Waals surface area contributed by atoms with Crippen molar-refractivity contribution in [3.05, 3.63) is 70.0 Å². The van der Waals surface area contributed by atoms with Crippen molar-refractivity contribution in [2.75, 3.05) is 24.7 Å².